The molecule has 0 fully saturated rings. The fraction of sp³-hybridized carbons (Fsp3) is 0.323. The molecule has 0 saturated heterocycles. The molecule has 0 aliphatic carbocycles. The van der Waals surface area contributed by atoms with Crippen molar-refractivity contribution in [1.82, 2.24) is 15.5 Å². The number of hydrogen-bond donors (Lipinski definition) is 4. The van der Waals surface area contributed by atoms with Gasteiger partial charge in [-0.05, 0) is 53.8 Å². The molecule has 41 heavy (non-hydrogen) atoms. The average Bonchev–Trinajstić information content (AvgIpc) is 3.19. The van der Waals surface area contributed by atoms with E-state index in [0.29, 0.717) is 6.54 Å². The number of aliphatic hydroxyl groups is 2. The van der Waals surface area contributed by atoms with E-state index in [1.165, 1.54) is 17.7 Å². The molecule has 10 heteroatoms. The van der Waals surface area contributed by atoms with E-state index in [0.717, 1.165) is 35.1 Å². The van der Waals surface area contributed by atoms with Gasteiger partial charge < -0.3 is 20.8 Å². The number of aryl methyl sites for hydroxylation is 1. The first-order valence-electron chi connectivity index (χ1n) is 13.5. The number of carbonyl (C=O) groups excluding carboxylic acids is 3. The molecule has 0 bridgehead atoms. The molecule has 8 nitrogen and oxygen atoms in total. The molecule has 4 N–H and O–H groups in total. The minimum absolute atomic E-state index is 0.0459. The van der Waals surface area contributed by atoms with E-state index in [1.807, 2.05) is 31.2 Å². The van der Waals surface area contributed by atoms with Crippen molar-refractivity contribution in [2.24, 2.45) is 0 Å². The number of amides is 3. The molecule has 0 spiro atoms. The Balaban J connectivity index is 1.38. The summed E-state index contributed by atoms with van der Waals surface area (Å²) in [5.41, 5.74) is 2.90. The molecule has 0 radical (unpaired) electrons. The first-order valence-corrected chi connectivity index (χ1v) is 13.5. The second kappa shape index (κ2) is 13.6. The van der Waals surface area contributed by atoms with Crippen LogP contribution in [0.1, 0.15) is 50.8 Å². The van der Waals surface area contributed by atoms with Gasteiger partial charge >= 0.3 is 0 Å². The predicted molar refractivity (Wildman–Crippen MR) is 148 cm³/mol. The van der Waals surface area contributed by atoms with Crippen molar-refractivity contribution in [1.29, 1.82) is 0 Å². The number of benzene rings is 3. The van der Waals surface area contributed by atoms with Gasteiger partial charge in [0, 0.05) is 32.1 Å². The standard InChI is InChI=1S/C31H33F2N3O5/c1-2-19-6-5-7-20(12-19)17-34-18-28(38)26(15-21-13-22(32)16-23(33)14-21)35-29(39)27(37)10-11-36-30(40)24-8-3-4-9-25(24)31(36)41/h3-9,12-14,16,26-28,34,37-38H,2,10-11,15,17-18H2,1H3,(H,35,39)/t26-,27?,28+/m0/s1. The van der Waals surface area contributed by atoms with Crippen molar-refractivity contribution >= 4 is 17.7 Å². The Hall–Kier alpha value is -3.99. The lowest BCUT2D eigenvalue weighted by Gasteiger charge is -2.26. The van der Waals surface area contributed by atoms with Gasteiger partial charge in [-0.25, -0.2) is 8.78 Å². The van der Waals surface area contributed by atoms with Crippen molar-refractivity contribution in [2.75, 3.05) is 13.1 Å². The third-order valence-electron chi connectivity index (χ3n) is 7.06. The number of fused-ring (bicyclic) bond motifs is 1. The Bertz CT molecular complexity index is 1360. The van der Waals surface area contributed by atoms with Crippen LogP contribution in [0.5, 0.6) is 0 Å². The van der Waals surface area contributed by atoms with Gasteiger partial charge in [0.25, 0.3) is 11.8 Å². The zero-order valence-electron chi connectivity index (χ0n) is 22.6. The van der Waals surface area contributed by atoms with Gasteiger partial charge in [0.2, 0.25) is 5.91 Å². The van der Waals surface area contributed by atoms with Gasteiger partial charge in [-0.3, -0.25) is 19.3 Å². The second-order valence-corrected chi connectivity index (χ2v) is 10.1. The fourth-order valence-electron chi connectivity index (χ4n) is 4.84. The number of rotatable bonds is 13. The third kappa shape index (κ3) is 7.60. The minimum Gasteiger partial charge on any atom is -0.390 e. The van der Waals surface area contributed by atoms with Crippen LogP contribution in [0.2, 0.25) is 0 Å². The molecular weight excluding hydrogens is 532 g/mol. The maximum atomic E-state index is 13.8. The van der Waals surface area contributed by atoms with Crippen LogP contribution in [0.3, 0.4) is 0 Å². The summed E-state index contributed by atoms with van der Waals surface area (Å²) in [6.45, 7) is 2.35. The van der Waals surface area contributed by atoms with Gasteiger partial charge in [-0.1, -0.05) is 43.3 Å². The van der Waals surface area contributed by atoms with Gasteiger partial charge in [-0.15, -0.1) is 0 Å². The quantitative estimate of drug-likeness (QED) is 0.237. The number of carbonyl (C=O) groups is 3. The summed E-state index contributed by atoms with van der Waals surface area (Å²) in [4.78, 5) is 39.0. The number of hydrogen-bond acceptors (Lipinski definition) is 6. The van der Waals surface area contributed by atoms with Crippen molar-refractivity contribution in [3.63, 3.8) is 0 Å². The molecule has 1 aliphatic rings. The summed E-state index contributed by atoms with van der Waals surface area (Å²) in [5, 5.41) is 27.2. The molecular formula is C31H33F2N3O5. The highest BCUT2D eigenvalue weighted by Crippen LogP contribution is 2.23. The van der Waals surface area contributed by atoms with Crippen LogP contribution in [0.15, 0.2) is 66.7 Å². The summed E-state index contributed by atoms with van der Waals surface area (Å²) >= 11 is 0. The first-order chi connectivity index (χ1) is 19.7. The van der Waals surface area contributed by atoms with Crippen LogP contribution < -0.4 is 10.6 Å². The second-order valence-electron chi connectivity index (χ2n) is 10.1. The summed E-state index contributed by atoms with van der Waals surface area (Å²) in [6.07, 6.45) is -2.25. The number of aliphatic hydroxyl groups excluding tert-OH is 2. The SMILES string of the molecule is CCc1cccc(CNC[C@@H](O)[C@H](Cc2cc(F)cc(F)c2)NC(=O)C(O)CCN2C(=O)c3ccccc3C2=O)c1. The van der Waals surface area contributed by atoms with E-state index >= 15 is 0 Å². The Morgan fingerprint density at radius 2 is 1.51 bits per heavy atom. The Morgan fingerprint density at radius 3 is 2.15 bits per heavy atom. The topological polar surface area (TPSA) is 119 Å². The molecule has 0 saturated carbocycles. The molecule has 3 atom stereocenters. The average molecular weight is 566 g/mol. The number of halogens is 2. The van der Waals surface area contributed by atoms with E-state index in [9.17, 15) is 33.4 Å². The summed E-state index contributed by atoms with van der Waals surface area (Å²) < 4.78 is 27.7. The number of nitrogens with zero attached hydrogens (tertiary/aromatic N) is 1. The van der Waals surface area contributed by atoms with Crippen LogP contribution in [-0.2, 0) is 24.2 Å². The molecule has 1 heterocycles. The van der Waals surface area contributed by atoms with E-state index in [1.54, 1.807) is 12.1 Å². The lowest BCUT2D eigenvalue weighted by atomic mass is 10.00. The molecule has 3 aromatic rings. The Kier molecular flexibility index (Phi) is 9.93. The van der Waals surface area contributed by atoms with E-state index in [-0.39, 0.29) is 42.6 Å². The molecule has 3 aromatic carbocycles. The van der Waals surface area contributed by atoms with Crippen molar-refractivity contribution in [2.45, 2.75) is 51.0 Å². The van der Waals surface area contributed by atoms with E-state index in [2.05, 4.69) is 10.6 Å². The zero-order valence-corrected chi connectivity index (χ0v) is 22.6. The van der Waals surface area contributed by atoms with Gasteiger partial charge in [0.1, 0.15) is 17.7 Å². The van der Waals surface area contributed by atoms with Crippen LogP contribution in [-0.4, -0.2) is 64.2 Å². The third-order valence-corrected chi connectivity index (χ3v) is 7.06. The lowest BCUT2D eigenvalue weighted by molar-refractivity contribution is -0.131. The number of nitrogens with one attached hydrogen (secondary N) is 2. The summed E-state index contributed by atoms with van der Waals surface area (Å²) in [5.74, 6) is -3.45. The highest BCUT2D eigenvalue weighted by Gasteiger charge is 2.35. The maximum absolute atomic E-state index is 13.8. The molecule has 1 aliphatic heterocycles. The largest absolute Gasteiger partial charge is 0.390 e. The van der Waals surface area contributed by atoms with E-state index < -0.39 is 47.6 Å². The smallest absolute Gasteiger partial charge is 0.261 e. The highest BCUT2D eigenvalue weighted by molar-refractivity contribution is 6.21. The van der Waals surface area contributed by atoms with Gasteiger partial charge in [0.15, 0.2) is 0 Å². The minimum atomic E-state index is -1.61. The fourth-order valence-corrected chi connectivity index (χ4v) is 4.84. The monoisotopic (exact) mass is 565 g/mol. The van der Waals surface area contributed by atoms with Crippen molar-refractivity contribution in [3.05, 3.63) is 106 Å². The molecule has 1 unspecified atom stereocenters. The van der Waals surface area contributed by atoms with Crippen LogP contribution in [0.25, 0.3) is 0 Å². The normalized spacial score (nSPS) is 15.0. The zero-order chi connectivity index (χ0) is 29.5. The van der Waals surface area contributed by atoms with Crippen LogP contribution >= 0.6 is 0 Å². The van der Waals surface area contributed by atoms with Crippen molar-refractivity contribution in [3.8, 4) is 0 Å². The van der Waals surface area contributed by atoms with Crippen molar-refractivity contribution < 1.29 is 33.4 Å². The lowest BCUT2D eigenvalue weighted by Crippen LogP contribution is -2.51. The van der Waals surface area contributed by atoms with Crippen LogP contribution in [0.4, 0.5) is 8.78 Å². The summed E-state index contributed by atoms with van der Waals surface area (Å²) in [7, 11) is 0. The van der Waals surface area contributed by atoms with E-state index in [4.69, 9.17) is 0 Å². The molecule has 0 aromatic heterocycles. The van der Waals surface area contributed by atoms with Crippen LogP contribution in [0, 0.1) is 11.6 Å². The number of imide groups is 1. The van der Waals surface area contributed by atoms with Gasteiger partial charge in [-0.2, -0.15) is 0 Å². The first kappa shape index (κ1) is 30.0. The Morgan fingerprint density at radius 1 is 0.878 bits per heavy atom. The maximum Gasteiger partial charge on any atom is 0.261 e. The molecule has 216 valence electrons. The summed E-state index contributed by atoms with van der Waals surface area (Å²) in [6, 6.07) is 16.2. The molecule has 3 amide bonds. The molecule has 4 rings (SSSR count). The van der Waals surface area contributed by atoms with Gasteiger partial charge in [0.05, 0.1) is 23.3 Å². The Labute approximate surface area is 237 Å². The predicted octanol–water partition coefficient (Wildman–Crippen LogP) is 2.75. The highest BCUT2D eigenvalue weighted by atomic mass is 19.1.